The molecule has 198 valence electrons. The lowest BCUT2D eigenvalue weighted by atomic mass is 10.1. The van der Waals surface area contributed by atoms with Gasteiger partial charge in [0, 0.05) is 36.1 Å². The summed E-state index contributed by atoms with van der Waals surface area (Å²) in [6.07, 6.45) is 3.46. The van der Waals surface area contributed by atoms with E-state index in [9.17, 15) is 14.4 Å². The lowest BCUT2D eigenvalue weighted by Gasteiger charge is -2.29. The van der Waals surface area contributed by atoms with Gasteiger partial charge in [-0.25, -0.2) is 9.97 Å². The highest BCUT2D eigenvalue weighted by molar-refractivity contribution is 6.31. The number of carbonyl (C=O) groups is 2. The van der Waals surface area contributed by atoms with Crippen LogP contribution in [0.1, 0.15) is 27.4 Å². The summed E-state index contributed by atoms with van der Waals surface area (Å²) in [6.45, 7) is 1.93. The van der Waals surface area contributed by atoms with Crippen LogP contribution < -0.4 is 10.9 Å². The average molecular weight is 551 g/mol. The topological polar surface area (TPSA) is 110 Å². The number of hydrogen-bond acceptors (Lipinski definition) is 6. The third kappa shape index (κ3) is 4.71. The number of carbonyl (C=O) groups excluding carboxylic acids is 2. The summed E-state index contributed by atoms with van der Waals surface area (Å²) in [7, 11) is 0. The van der Waals surface area contributed by atoms with Gasteiger partial charge in [-0.1, -0.05) is 29.8 Å². The van der Waals surface area contributed by atoms with E-state index in [1.807, 2.05) is 24.3 Å². The highest BCUT2D eigenvalue weighted by atomic mass is 35.5. The molecule has 4 heterocycles. The summed E-state index contributed by atoms with van der Waals surface area (Å²) in [4.78, 5) is 55.1. The second-order valence-corrected chi connectivity index (χ2v) is 9.93. The Kier molecular flexibility index (Phi) is 6.57. The number of rotatable bonds is 5. The third-order valence-electron chi connectivity index (χ3n) is 6.88. The van der Waals surface area contributed by atoms with Gasteiger partial charge in [0.15, 0.2) is 5.52 Å². The van der Waals surface area contributed by atoms with Gasteiger partial charge in [-0.2, -0.15) is 0 Å². The number of nitrogens with one attached hydrogen (secondary N) is 1. The summed E-state index contributed by atoms with van der Waals surface area (Å²) in [5, 5.41) is 3.29. The fourth-order valence-electron chi connectivity index (χ4n) is 4.94. The van der Waals surface area contributed by atoms with Crippen molar-refractivity contribution >= 4 is 40.1 Å². The van der Waals surface area contributed by atoms with E-state index < -0.39 is 6.04 Å². The molecule has 0 bridgehead atoms. The average Bonchev–Trinajstić information content (AvgIpc) is 3.04. The maximum atomic E-state index is 13.8. The van der Waals surface area contributed by atoms with Crippen molar-refractivity contribution in [2.75, 3.05) is 5.32 Å². The van der Waals surface area contributed by atoms with Gasteiger partial charge < -0.3 is 10.2 Å². The molecule has 1 N–H and O–H groups in total. The fraction of sp³-hybridized carbons (Fsp3) is 0.133. The SMILES string of the molecule is Cc1nc2cccnc2c(=O)n1-c1ccc(CN2C(=O)c3ccc(Cl)cc3NC(=O)[C@H]2Cc2ccccn2)cc1. The lowest BCUT2D eigenvalue weighted by molar-refractivity contribution is -0.120. The van der Waals surface area contributed by atoms with Crippen molar-refractivity contribution in [3.63, 3.8) is 0 Å². The van der Waals surface area contributed by atoms with Gasteiger partial charge in [-0.3, -0.25) is 23.9 Å². The molecule has 0 saturated heterocycles. The van der Waals surface area contributed by atoms with Gasteiger partial charge in [-0.05, 0) is 67.1 Å². The minimum Gasteiger partial charge on any atom is -0.323 e. The summed E-state index contributed by atoms with van der Waals surface area (Å²) >= 11 is 6.16. The Hall–Kier alpha value is -4.89. The van der Waals surface area contributed by atoms with Crippen LogP contribution in [0, 0.1) is 6.92 Å². The summed E-state index contributed by atoms with van der Waals surface area (Å²) in [5.74, 6) is -0.0937. The Labute approximate surface area is 234 Å². The minimum atomic E-state index is -0.811. The number of anilines is 1. The van der Waals surface area contributed by atoms with Crippen molar-refractivity contribution in [3.8, 4) is 5.69 Å². The number of nitrogens with zero attached hydrogens (tertiary/aromatic N) is 5. The van der Waals surface area contributed by atoms with Crippen LogP contribution in [0.3, 0.4) is 0 Å². The molecular formula is C30H23ClN6O3. The zero-order valence-corrected chi connectivity index (χ0v) is 22.2. The maximum absolute atomic E-state index is 13.8. The Balaban J connectivity index is 1.36. The van der Waals surface area contributed by atoms with E-state index in [1.54, 1.807) is 72.7 Å². The number of aromatic nitrogens is 4. The molecule has 1 aliphatic rings. The van der Waals surface area contributed by atoms with E-state index in [0.29, 0.717) is 39.0 Å². The van der Waals surface area contributed by atoms with Crippen LogP contribution in [-0.4, -0.2) is 42.3 Å². The first kappa shape index (κ1) is 25.4. The molecule has 0 spiro atoms. The van der Waals surface area contributed by atoms with E-state index in [4.69, 9.17) is 11.6 Å². The smallest absolute Gasteiger partial charge is 0.284 e. The second kappa shape index (κ2) is 10.3. The number of pyridine rings is 2. The Bertz CT molecular complexity index is 1820. The van der Waals surface area contributed by atoms with Crippen LogP contribution in [0.15, 0.2) is 90.0 Å². The van der Waals surface area contributed by atoms with Crippen LogP contribution in [0.25, 0.3) is 16.7 Å². The zero-order valence-electron chi connectivity index (χ0n) is 21.4. The van der Waals surface area contributed by atoms with E-state index in [1.165, 1.54) is 4.57 Å². The number of aryl methyl sites for hydroxylation is 1. The molecule has 6 rings (SSSR count). The molecule has 0 saturated carbocycles. The first-order valence-electron chi connectivity index (χ1n) is 12.6. The van der Waals surface area contributed by atoms with Gasteiger partial charge in [0.2, 0.25) is 5.91 Å². The first-order valence-corrected chi connectivity index (χ1v) is 13.0. The van der Waals surface area contributed by atoms with Crippen LogP contribution in [-0.2, 0) is 17.8 Å². The molecule has 10 heteroatoms. The molecule has 9 nitrogen and oxygen atoms in total. The van der Waals surface area contributed by atoms with Crippen LogP contribution in [0.4, 0.5) is 5.69 Å². The predicted octanol–water partition coefficient (Wildman–Crippen LogP) is 4.34. The third-order valence-corrected chi connectivity index (χ3v) is 7.12. The molecule has 1 atom stereocenters. The molecule has 2 amide bonds. The molecule has 3 aromatic heterocycles. The van der Waals surface area contributed by atoms with Gasteiger partial charge >= 0.3 is 0 Å². The van der Waals surface area contributed by atoms with Crippen LogP contribution in [0.2, 0.25) is 5.02 Å². The highest BCUT2D eigenvalue weighted by Crippen LogP contribution is 2.29. The summed E-state index contributed by atoms with van der Waals surface area (Å²) < 4.78 is 1.51. The minimum absolute atomic E-state index is 0.164. The number of fused-ring (bicyclic) bond motifs is 2. The molecule has 2 aromatic carbocycles. The fourth-order valence-corrected chi connectivity index (χ4v) is 5.11. The second-order valence-electron chi connectivity index (χ2n) is 9.49. The van der Waals surface area contributed by atoms with Gasteiger partial charge in [0.25, 0.3) is 11.5 Å². The standard InChI is InChI=1S/C30H23ClN6O3/c1-18-34-24-6-4-14-33-27(24)30(40)37(18)22-10-7-19(8-11-22)17-36-26(16-21-5-2-3-13-32-21)28(38)35-25-15-20(31)9-12-23(25)29(36)39/h2-15,26H,16-17H2,1H3,(H,35,38)/t26-/m1/s1. The largest absolute Gasteiger partial charge is 0.323 e. The Morgan fingerprint density at radius 3 is 2.50 bits per heavy atom. The van der Waals surface area contributed by atoms with Crippen molar-refractivity contribution in [1.82, 2.24) is 24.4 Å². The molecule has 1 aliphatic heterocycles. The van der Waals surface area contributed by atoms with Crippen LogP contribution in [0.5, 0.6) is 0 Å². The number of hydrogen-bond donors (Lipinski definition) is 1. The summed E-state index contributed by atoms with van der Waals surface area (Å²) in [5.41, 5.74) is 3.38. The number of benzene rings is 2. The van der Waals surface area contributed by atoms with Gasteiger partial charge in [0.05, 0.1) is 22.5 Å². The van der Waals surface area contributed by atoms with Gasteiger partial charge in [-0.15, -0.1) is 0 Å². The van der Waals surface area contributed by atoms with Crippen molar-refractivity contribution in [2.24, 2.45) is 0 Å². The highest BCUT2D eigenvalue weighted by Gasteiger charge is 2.36. The molecule has 5 aromatic rings. The number of halogens is 1. The number of amides is 2. The molecule has 0 radical (unpaired) electrons. The quantitative estimate of drug-likeness (QED) is 0.348. The van der Waals surface area contributed by atoms with E-state index in [-0.39, 0.29) is 35.9 Å². The molecule has 0 unspecified atom stereocenters. The van der Waals surface area contributed by atoms with Crippen molar-refractivity contribution in [3.05, 3.63) is 123 Å². The van der Waals surface area contributed by atoms with Gasteiger partial charge in [0.1, 0.15) is 11.9 Å². The van der Waals surface area contributed by atoms with Crippen molar-refractivity contribution in [2.45, 2.75) is 25.9 Å². The Morgan fingerprint density at radius 1 is 0.925 bits per heavy atom. The monoisotopic (exact) mass is 550 g/mol. The first-order chi connectivity index (χ1) is 19.4. The van der Waals surface area contributed by atoms with Crippen molar-refractivity contribution < 1.29 is 9.59 Å². The molecule has 0 fully saturated rings. The molecule has 0 aliphatic carbocycles. The van der Waals surface area contributed by atoms with E-state index >= 15 is 0 Å². The summed E-state index contributed by atoms with van der Waals surface area (Å²) in [6, 6.07) is 20.2. The van der Waals surface area contributed by atoms with Crippen molar-refractivity contribution in [1.29, 1.82) is 0 Å². The molecule has 40 heavy (non-hydrogen) atoms. The molecular weight excluding hydrogens is 528 g/mol. The predicted molar refractivity (Wildman–Crippen MR) is 152 cm³/mol. The lowest BCUT2D eigenvalue weighted by Crippen LogP contribution is -2.46. The Morgan fingerprint density at radius 2 is 1.73 bits per heavy atom. The normalized spacial score (nSPS) is 15.1. The zero-order chi connectivity index (χ0) is 27.8. The van der Waals surface area contributed by atoms with E-state index in [0.717, 1.165) is 5.56 Å². The maximum Gasteiger partial charge on any atom is 0.284 e. The van der Waals surface area contributed by atoms with Crippen LogP contribution >= 0.6 is 11.6 Å². The van der Waals surface area contributed by atoms with E-state index in [2.05, 4.69) is 20.3 Å².